The number of hydrogen-bond donors (Lipinski definition) is 0. The van der Waals surface area contributed by atoms with Crippen LogP contribution in [0.5, 0.6) is 11.5 Å². The van der Waals surface area contributed by atoms with Gasteiger partial charge in [0.2, 0.25) is 11.7 Å². The lowest BCUT2D eigenvalue weighted by Crippen LogP contribution is -2.39. The number of aromatic nitrogens is 2. The molecule has 2 aromatic carbocycles. The van der Waals surface area contributed by atoms with E-state index in [9.17, 15) is 4.79 Å². The average molecular weight is 430 g/mol. The predicted octanol–water partition coefficient (Wildman–Crippen LogP) is 4.52. The number of carbonyl (C=O) groups excluding carboxylic acids is 1. The molecule has 0 N–H and O–H groups in total. The lowest BCUT2D eigenvalue weighted by Gasteiger charge is -2.23. The molecule has 1 aromatic heterocycles. The number of rotatable bonds is 8. The van der Waals surface area contributed by atoms with Gasteiger partial charge in [-0.3, -0.25) is 4.79 Å². The fourth-order valence-electron chi connectivity index (χ4n) is 2.89. The Morgan fingerprint density at radius 2 is 2.03 bits per heavy atom. The SMILES string of the molecule is CC[C@@H](Oc1ccc(Cl)c(C)c1)C(=O)N(C)Cc1nc(-c2cccc(OC)c2)no1. The first-order chi connectivity index (χ1) is 14.4. The highest BCUT2D eigenvalue weighted by molar-refractivity contribution is 6.31. The lowest BCUT2D eigenvalue weighted by molar-refractivity contribution is -0.138. The minimum Gasteiger partial charge on any atom is -0.497 e. The summed E-state index contributed by atoms with van der Waals surface area (Å²) in [7, 11) is 3.27. The number of ether oxygens (including phenoxy) is 2. The molecule has 0 radical (unpaired) electrons. The van der Waals surface area contributed by atoms with Crippen molar-refractivity contribution in [3.8, 4) is 22.9 Å². The van der Waals surface area contributed by atoms with Crippen LogP contribution in [0.2, 0.25) is 5.02 Å². The number of halogens is 1. The van der Waals surface area contributed by atoms with Crippen LogP contribution in [0.3, 0.4) is 0 Å². The van der Waals surface area contributed by atoms with Crippen molar-refractivity contribution < 1.29 is 18.8 Å². The molecule has 30 heavy (non-hydrogen) atoms. The summed E-state index contributed by atoms with van der Waals surface area (Å²) < 4.78 is 16.4. The van der Waals surface area contributed by atoms with Crippen LogP contribution in [0, 0.1) is 6.92 Å². The van der Waals surface area contributed by atoms with Gasteiger partial charge in [0.1, 0.15) is 11.5 Å². The quantitative estimate of drug-likeness (QED) is 0.523. The molecule has 0 unspecified atom stereocenters. The Hall–Kier alpha value is -3.06. The Morgan fingerprint density at radius 1 is 1.23 bits per heavy atom. The molecule has 0 aliphatic heterocycles. The topological polar surface area (TPSA) is 77.7 Å². The number of likely N-dealkylation sites (N-methyl/N-ethyl adjacent to an activating group) is 1. The number of carbonyl (C=O) groups is 1. The zero-order chi connectivity index (χ0) is 21.7. The highest BCUT2D eigenvalue weighted by Gasteiger charge is 2.24. The molecule has 1 amide bonds. The van der Waals surface area contributed by atoms with Gasteiger partial charge in [0.25, 0.3) is 5.91 Å². The third-order valence-electron chi connectivity index (χ3n) is 4.60. The van der Waals surface area contributed by atoms with Crippen LogP contribution in [-0.4, -0.2) is 41.2 Å². The largest absolute Gasteiger partial charge is 0.497 e. The molecular weight excluding hydrogens is 406 g/mol. The van der Waals surface area contributed by atoms with E-state index in [-0.39, 0.29) is 12.5 Å². The van der Waals surface area contributed by atoms with Gasteiger partial charge in [-0.15, -0.1) is 0 Å². The summed E-state index contributed by atoms with van der Waals surface area (Å²) in [6, 6.07) is 12.7. The molecule has 158 valence electrons. The second-order valence-electron chi connectivity index (χ2n) is 6.86. The first-order valence-electron chi connectivity index (χ1n) is 9.56. The van der Waals surface area contributed by atoms with Crippen LogP contribution >= 0.6 is 11.6 Å². The molecule has 0 saturated carbocycles. The molecule has 3 rings (SSSR count). The van der Waals surface area contributed by atoms with E-state index in [1.54, 1.807) is 26.3 Å². The molecule has 7 nitrogen and oxygen atoms in total. The average Bonchev–Trinajstić information content (AvgIpc) is 3.22. The fourth-order valence-corrected chi connectivity index (χ4v) is 3.01. The zero-order valence-electron chi connectivity index (χ0n) is 17.4. The van der Waals surface area contributed by atoms with E-state index in [0.717, 1.165) is 11.1 Å². The summed E-state index contributed by atoms with van der Waals surface area (Å²) in [5.74, 6) is 1.90. The van der Waals surface area contributed by atoms with Crippen LogP contribution < -0.4 is 9.47 Å². The van der Waals surface area contributed by atoms with Crippen molar-refractivity contribution in [3.05, 3.63) is 58.9 Å². The van der Waals surface area contributed by atoms with E-state index in [1.807, 2.05) is 44.2 Å². The van der Waals surface area contributed by atoms with Gasteiger partial charge in [-0.25, -0.2) is 0 Å². The standard InChI is InChI=1S/C22H24ClN3O4/c1-5-19(29-17-9-10-18(23)14(2)11-17)22(27)26(3)13-20-24-21(25-30-20)15-7-6-8-16(12-15)28-4/h6-12,19H,5,13H2,1-4H3/t19-/m1/s1. The van der Waals surface area contributed by atoms with Gasteiger partial charge in [0, 0.05) is 17.6 Å². The molecule has 1 heterocycles. The van der Waals surface area contributed by atoms with Crippen LogP contribution in [0.1, 0.15) is 24.8 Å². The van der Waals surface area contributed by atoms with Gasteiger partial charge in [-0.1, -0.05) is 35.8 Å². The number of amides is 1. The van der Waals surface area contributed by atoms with Crippen molar-refractivity contribution in [2.75, 3.05) is 14.2 Å². The van der Waals surface area contributed by atoms with Crippen LogP contribution in [-0.2, 0) is 11.3 Å². The van der Waals surface area contributed by atoms with E-state index in [0.29, 0.717) is 34.7 Å². The Kier molecular flexibility index (Phi) is 6.95. The van der Waals surface area contributed by atoms with Gasteiger partial charge in [0.05, 0.1) is 13.7 Å². The Morgan fingerprint density at radius 3 is 2.73 bits per heavy atom. The molecule has 0 saturated heterocycles. The van der Waals surface area contributed by atoms with Gasteiger partial charge in [0.15, 0.2) is 6.10 Å². The van der Waals surface area contributed by atoms with Crippen molar-refractivity contribution in [2.45, 2.75) is 32.9 Å². The maximum Gasteiger partial charge on any atom is 0.263 e. The first kappa shape index (κ1) is 21.6. The Labute approximate surface area is 180 Å². The van der Waals surface area contributed by atoms with E-state index >= 15 is 0 Å². The second-order valence-corrected chi connectivity index (χ2v) is 7.27. The Balaban J connectivity index is 1.66. The number of nitrogens with zero attached hydrogens (tertiary/aromatic N) is 3. The van der Waals surface area contributed by atoms with E-state index in [2.05, 4.69) is 10.1 Å². The molecule has 1 atom stereocenters. The van der Waals surface area contributed by atoms with Crippen molar-refractivity contribution in [1.29, 1.82) is 0 Å². The lowest BCUT2D eigenvalue weighted by atomic mass is 10.2. The molecule has 0 spiro atoms. The summed E-state index contributed by atoms with van der Waals surface area (Å²) in [6.07, 6.45) is -0.111. The highest BCUT2D eigenvalue weighted by Crippen LogP contribution is 2.24. The van der Waals surface area contributed by atoms with E-state index < -0.39 is 6.10 Å². The van der Waals surface area contributed by atoms with Crippen molar-refractivity contribution >= 4 is 17.5 Å². The normalized spacial score (nSPS) is 11.8. The van der Waals surface area contributed by atoms with Crippen LogP contribution in [0.4, 0.5) is 0 Å². The third-order valence-corrected chi connectivity index (χ3v) is 5.02. The third kappa shape index (κ3) is 5.10. The zero-order valence-corrected chi connectivity index (χ0v) is 18.1. The van der Waals surface area contributed by atoms with Gasteiger partial charge in [-0.05, 0) is 49.2 Å². The van der Waals surface area contributed by atoms with E-state index in [4.69, 9.17) is 25.6 Å². The molecule has 0 fully saturated rings. The molecular formula is C22H24ClN3O4. The maximum absolute atomic E-state index is 12.9. The summed E-state index contributed by atoms with van der Waals surface area (Å²) in [4.78, 5) is 18.8. The maximum atomic E-state index is 12.9. The summed E-state index contributed by atoms with van der Waals surface area (Å²) >= 11 is 6.06. The van der Waals surface area contributed by atoms with Crippen molar-refractivity contribution in [3.63, 3.8) is 0 Å². The summed E-state index contributed by atoms with van der Waals surface area (Å²) in [5.41, 5.74) is 1.66. The molecule has 8 heteroatoms. The number of methoxy groups -OCH3 is 1. The van der Waals surface area contributed by atoms with Gasteiger partial charge in [-0.2, -0.15) is 4.98 Å². The minimum atomic E-state index is -0.628. The number of aryl methyl sites for hydroxylation is 1. The smallest absolute Gasteiger partial charge is 0.263 e. The fraction of sp³-hybridized carbons (Fsp3) is 0.318. The van der Waals surface area contributed by atoms with E-state index in [1.165, 1.54) is 4.90 Å². The van der Waals surface area contributed by atoms with Gasteiger partial charge < -0.3 is 18.9 Å². The highest BCUT2D eigenvalue weighted by atomic mass is 35.5. The van der Waals surface area contributed by atoms with Crippen molar-refractivity contribution in [2.24, 2.45) is 0 Å². The van der Waals surface area contributed by atoms with Gasteiger partial charge >= 0.3 is 0 Å². The summed E-state index contributed by atoms with van der Waals surface area (Å²) in [6.45, 7) is 3.96. The van der Waals surface area contributed by atoms with Crippen molar-refractivity contribution in [1.82, 2.24) is 15.0 Å². The molecule has 3 aromatic rings. The minimum absolute atomic E-state index is 0.175. The monoisotopic (exact) mass is 429 g/mol. The molecule has 0 bridgehead atoms. The predicted molar refractivity (Wildman–Crippen MR) is 114 cm³/mol. The molecule has 0 aliphatic rings. The Bertz CT molecular complexity index is 1020. The molecule has 0 aliphatic carbocycles. The second kappa shape index (κ2) is 9.63. The first-order valence-corrected chi connectivity index (χ1v) is 9.93. The van der Waals surface area contributed by atoms with Crippen LogP contribution in [0.15, 0.2) is 47.0 Å². The number of hydrogen-bond acceptors (Lipinski definition) is 6. The van der Waals surface area contributed by atoms with Crippen LogP contribution in [0.25, 0.3) is 11.4 Å². The summed E-state index contributed by atoms with van der Waals surface area (Å²) in [5, 5.41) is 4.66. The number of benzene rings is 2.